The first kappa shape index (κ1) is 15.6. The normalized spacial score (nSPS) is 34.1. The van der Waals surface area contributed by atoms with Gasteiger partial charge in [-0.25, -0.2) is 0 Å². The number of ether oxygens (including phenoxy) is 1. The molecule has 1 aliphatic rings. The monoisotopic (exact) mass is 301 g/mol. The van der Waals surface area contributed by atoms with Crippen LogP contribution in [0.25, 0.3) is 0 Å². The zero-order chi connectivity index (χ0) is 14.7. The van der Waals surface area contributed by atoms with E-state index in [9.17, 15) is 15.3 Å². The maximum Gasteiger partial charge on any atom is 0.132 e. The van der Waals surface area contributed by atoms with Gasteiger partial charge in [0.2, 0.25) is 0 Å². The summed E-state index contributed by atoms with van der Waals surface area (Å²) in [5, 5.41) is 38.3. The molecular weight excluding hydrogens is 282 g/mol. The molecule has 1 heterocycles. The van der Waals surface area contributed by atoms with E-state index in [0.717, 1.165) is 5.56 Å². The van der Waals surface area contributed by atoms with Crippen LogP contribution in [0.15, 0.2) is 24.3 Å². The number of nitrogen functional groups attached to an aromatic ring is 1. The van der Waals surface area contributed by atoms with Gasteiger partial charge in [-0.1, -0.05) is 12.1 Å². The molecule has 1 aromatic carbocycles. The first-order chi connectivity index (χ1) is 9.52. The summed E-state index contributed by atoms with van der Waals surface area (Å²) in [7, 11) is 0. The molecule has 0 aliphatic carbocycles. The van der Waals surface area contributed by atoms with Gasteiger partial charge in [-0.3, -0.25) is 0 Å². The van der Waals surface area contributed by atoms with E-state index in [4.69, 9.17) is 15.6 Å². The number of aliphatic hydroxyl groups excluding tert-OH is 4. The van der Waals surface area contributed by atoms with Gasteiger partial charge in [-0.2, -0.15) is 0 Å². The van der Waals surface area contributed by atoms with Crippen molar-refractivity contribution in [2.45, 2.75) is 35.6 Å². The molecule has 20 heavy (non-hydrogen) atoms. The number of nitrogens with two attached hydrogens (primary N) is 1. The van der Waals surface area contributed by atoms with Crippen molar-refractivity contribution in [2.75, 3.05) is 12.3 Å². The average Bonchev–Trinajstić information content (AvgIpc) is 2.46. The van der Waals surface area contributed by atoms with Crippen LogP contribution in [0.1, 0.15) is 5.56 Å². The fraction of sp³-hybridized carbons (Fsp3) is 0.538. The van der Waals surface area contributed by atoms with Crippen LogP contribution in [-0.4, -0.2) is 56.9 Å². The van der Waals surface area contributed by atoms with Crippen LogP contribution in [0, 0.1) is 0 Å². The van der Waals surface area contributed by atoms with Gasteiger partial charge in [0.05, 0.1) is 6.61 Å². The second-order valence-electron chi connectivity index (χ2n) is 4.75. The highest BCUT2D eigenvalue weighted by molar-refractivity contribution is 7.99. The van der Waals surface area contributed by atoms with Crippen molar-refractivity contribution < 1.29 is 25.2 Å². The second kappa shape index (κ2) is 6.75. The van der Waals surface area contributed by atoms with E-state index in [1.807, 2.05) is 12.1 Å². The van der Waals surface area contributed by atoms with Gasteiger partial charge in [0.25, 0.3) is 0 Å². The van der Waals surface area contributed by atoms with Crippen LogP contribution in [0.5, 0.6) is 0 Å². The summed E-state index contributed by atoms with van der Waals surface area (Å²) < 4.78 is 5.40. The van der Waals surface area contributed by atoms with Gasteiger partial charge in [0, 0.05) is 11.4 Å². The van der Waals surface area contributed by atoms with E-state index >= 15 is 0 Å². The highest BCUT2D eigenvalue weighted by Gasteiger charge is 2.43. The Kier molecular flexibility index (Phi) is 5.25. The van der Waals surface area contributed by atoms with Gasteiger partial charge >= 0.3 is 0 Å². The summed E-state index contributed by atoms with van der Waals surface area (Å²) in [5.74, 6) is 0.559. The summed E-state index contributed by atoms with van der Waals surface area (Å²) in [4.78, 5) is 0. The Balaban J connectivity index is 1.95. The third-order valence-electron chi connectivity index (χ3n) is 3.24. The molecule has 1 fully saturated rings. The summed E-state index contributed by atoms with van der Waals surface area (Å²) in [6.07, 6.45) is -4.71. The van der Waals surface area contributed by atoms with Crippen molar-refractivity contribution in [3.05, 3.63) is 29.8 Å². The molecule has 1 saturated heterocycles. The lowest BCUT2D eigenvalue weighted by molar-refractivity contribution is -0.205. The summed E-state index contributed by atoms with van der Waals surface area (Å²) >= 11 is 1.29. The number of benzene rings is 1. The zero-order valence-electron chi connectivity index (χ0n) is 10.8. The van der Waals surface area contributed by atoms with E-state index < -0.39 is 36.5 Å². The quantitative estimate of drug-likeness (QED) is 0.467. The number of thioether (sulfide) groups is 1. The maximum atomic E-state index is 9.89. The zero-order valence-corrected chi connectivity index (χ0v) is 11.6. The van der Waals surface area contributed by atoms with E-state index in [1.165, 1.54) is 11.8 Å². The molecule has 0 bridgehead atoms. The Morgan fingerprint density at radius 2 is 1.70 bits per heavy atom. The van der Waals surface area contributed by atoms with Crippen molar-refractivity contribution in [1.29, 1.82) is 0 Å². The molecule has 1 aliphatic heterocycles. The predicted molar refractivity (Wildman–Crippen MR) is 75.9 cm³/mol. The fourth-order valence-corrected chi connectivity index (χ4v) is 3.13. The molecule has 0 radical (unpaired) electrons. The Labute approximate surface area is 121 Å². The first-order valence-corrected chi connectivity index (χ1v) is 7.34. The van der Waals surface area contributed by atoms with Crippen LogP contribution in [0.2, 0.25) is 0 Å². The predicted octanol–water partition coefficient (Wildman–Crippen LogP) is -0.698. The Morgan fingerprint density at radius 3 is 2.30 bits per heavy atom. The molecule has 2 rings (SSSR count). The topological polar surface area (TPSA) is 116 Å². The van der Waals surface area contributed by atoms with Gasteiger partial charge in [-0.15, -0.1) is 11.8 Å². The number of anilines is 1. The van der Waals surface area contributed by atoms with Crippen LogP contribution in [0.3, 0.4) is 0 Å². The molecule has 6 nitrogen and oxygen atoms in total. The molecular formula is C13H19NO5S. The molecule has 7 heteroatoms. The van der Waals surface area contributed by atoms with Crippen molar-refractivity contribution >= 4 is 17.4 Å². The second-order valence-corrected chi connectivity index (χ2v) is 5.84. The summed E-state index contributed by atoms with van der Waals surface area (Å²) in [6.45, 7) is -0.413. The third kappa shape index (κ3) is 3.43. The highest BCUT2D eigenvalue weighted by atomic mass is 32.2. The molecule has 112 valence electrons. The minimum atomic E-state index is -1.33. The van der Waals surface area contributed by atoms with E-state index in [0.29, 0.717) is 11.4 Å². The molecule has 1 aromatic rings. The smallest absolute Gasteiger partial charge is 0.132 e. The molecule has 6 N–H and O–H groups in total. The van der Waals surface area contributed by atoms with Gasteiger partial charge in [-0.05, 0) is 17.7 Å². The maximum absolute atomic E-state index is 9.89. The molecule has 0 amide bonds. The van der Waals surface area contributed by atoms with Crippen LogP contribution >= 0.6 is 11.8 Å². The lowest BCUT2D eigenvalue weighted by Crippen LogP contribution is -2.57. The SMILES string of the molecule is Nc1ccc(CS[C@@H]2O[C@@H](CO)[C@H](O)[C@H](O)[C@@H]2O)cc1. The largest absolute Gasteiger partial charge is 0.399 e. The summed E-state index contributed by atoms with van der Waals surface area (Å²) in [5.41, 5.74) is 6.57. The third-order valence-corrected chi connectivity index (χ3v) is 4.46. The minimum absolute atomic E-state index is 0.413. The number of aliphatic hydroxyl groups is 4. The van der Waals surface area contributed by atoms with Crippen molar-refractivity contribution in [3.63, 3.8) is 0 Å². The lowest BCUT2D eigenvalue weighted by atomic mass is 10.0. The molecule has 0 spiro atoms. The van der Waals surface area contributed by atoms with Crippen molar-refractivity contribution in [2.24, 2.45) is 0 Å². The molecule has 0 aromatic heterocycles. The Morgan fingerprint density at radius 1 is 1.05 bits per heavy atom. The number of hydrogen-bond donors (Lipinski definition) is 5. The summed E-state index contributed by atoms with van der Waals surface area (Å²) in [6, 6.07) is 7.30. The lowest BCUT2D eigenvalue weighted by Gasteiger charge is -2.39. The van der Waals surface area contributed by atoms with E-state index in [1.54, 1.807) is 12.1 Å². The van der Waals surface area contributed by atoms with Crippen molar-refractivity contribution in [3.8, 4) is 0 Å². The van der Waals surface area contributed by atoms with E-state index in [2.05, 4.69) is 0 Å². The highest BCUT2D eigenvalue weighted by Crippen LogP contribution is 2.30. The van der Waals surface area contributed by atoms with Gasteiger partial charge in [0.1, 0.15) is 29.9 Å². The first-order valence-electron chi connectivity index (χ1n) is 6.29. The van der Waals surface area contributed by atoms with Crippen LogP contribution < -0.4 is 5.73 Å². The standard InChI is InChI=1S/C13H19NO5S/c14-8-3-1-7(2-4-8)6-20-13-12(18)11(17)10(16)9(5-15)19-13/h1-4,9-13,15-18H,5-6,14H2/t9-,10-,11-,12-,13-/m0/s1. The average molecular weight is 301 g/mol. The van der Waals surface area contributed by atoms with E-state index in [-0.39, 0.29) is 0 Å². The minimum Gasteiger partial charge on any atom is -0.399 e. The van der Waals surface area contributed by atoms with Gasteiger partial charge < -0.3 is 30.9 Å². The Bertz CT molecular complexity index is 427. The van der Waals surface area contributed by atoms with Crippen molar-refractivity contribution in [1.82, 2.24) is 0 Å². The molecule has 0 saturated carbocycles. The molecule has 5 atom stereocenters. The number of hydrogen-bond acceptors (Lipinski definition) is 7. The van der Waals surface area contributed by atoms with Gasteiger partial charge in [0.15, 0.2) is 0 Å². The van der Waals surface area contributed by atoms with Crippen LogP contribution in [-0.2, 0) is 10.5 Å². The van der Waals surface area contributed by atoms with Crippen LogP contribution in [0.4, 0.5) is 5.69 Å². The molecule has 0 unspecified atom stereocenters. The fourth-order valence-electron chi connectivity index (χ4n) is 2.00. The number of rotatable bonds is 4. The Hall–Kier alpha value is -0.830.